The molecule has 0 aliphatic carbocycles. The first-order chi connectivity index (χ1) is 6.31. The lowest BCUT2D eigenvalue weighted by Gasteiger charge is -2.09. The number of allylic oxidation sites excluding steroid dienone is 3. The highest BCUT2D eigenvalue weighted by Crippen LogP contribution is 2.22. The Morgan fingerprint density at radius 2 is 1.79 bits per heavy atom. The molecule has 82 valence electrons. The van der Waals surface area contributed by atoms with E-state index in [0.29, 0.717) is 5.57 Å². The van der Waals surface area contributed by atoms with Gasteiger partial charge in [0.1, 0.15) is 5.75 Å². The maximum atomic E-state index is 11.9. The number of halogens is 3. The van der Waals surface area contributed by atoms with Crippen LogP contribution in [0.4, 0.5) is 13.2 Å². The molecule has 5 heteroatoms. The topological polar surface area (TPSA) is 17.1 Å². The van der Waals surface area contributed by atoms with Crippen molar-refractivity contribution in [3.8, 4) is 0 Å². The van der Waals surface area contributed by atoms with E-state index in [1.54, 1.807) is 26.8 Å². The average molecular weight is 226 g/mol. The Hall–Kier alpha value is -0.580. The SMILES string of the molecule is C/C=C(C)\C(=C/C)S(=O)CC(F)(F)F. The molecular formula is C9H13F3OS. The average Bonchev–Trinajstić information content (AvgIpc) is 2.01. The van der Waals surface area contributed by atoms with Gasteiger partial charge in [-0.25, -0.2) is 0 Å². The van der Waals surface area contributed by atoms with Gasteiger partial charge in [0.15, 0.2) is 0 Å². The minimum Gasteiger partial charge on any atom is -0.254 e. The minimum atomic E-state index is -4.38. The van der Waals surface area contributed by atoms with Crippen molar-refractivity contribution in [1.29, 1.82) is 0 Å². The van der Waals surface area contributed by atoms with Crippen LogP contribution in [0.3, 0.4) is 0 Å². The van der Waals surface area contributed by atoms with Crippen molar-refractivity contribution in [3.05, 3.63) is 22.6 Å². The molecule has 0 bridgehead atoms. The van der Waals surface area contributed by atoms with E-state index in [0.717, 1.165) is 0 Å². The summed E-state index contributed by atoms with van der Waals surface area (Å²) in [4.78, 5) is 0.254. The van der Waals surface area contributed by atoms with Gasteiger partial charge in [0.25, 0.3) is 0 Å². The Balaban J connectivity index is 4.68. The van der Waals surface area contributed by atoms with E-state index < -0.39 is 22.7 Å². The van der Waals surface area contributed by atoms with Crippen LogP contribution in [0.5, 0.6) is 0 Å². The fraction of sp³-hybridized carbons (Fsp3) is 0.556. The fourth-order valence-electron chi connectivity index (χ4n) is 0.907. The summed E-state index contributed by atoms with van der Waals surface area (Å²) in [6, 6.07) is 0. The lowest BCUT2D eigenvalue weighted by Crippen LogP contribution is -2.19. The molecule has 0 N–H and O–H groups in total. The van der Waals surface area contributed by atoms with Gasteiger partial charge >= 0.3 is 6.18 Å². The minimum absolute atomic E-state index is 0.254. The largest absolute Gasteiger partial charge is 0.400 e. The number of alkyl halides is 3. The summed E-state index contributed by atoms with van der Waals surface area (Å²) >= 11 is 0. The number of rotatable bonds is 3. The summed E-state index contributed by atoms with van der Waals surface area (Å²) in [5, 5.41) is 0. The highest BCUT2D eigenvalue weighted by Gasteiger charge is 2.31. The van der Waals surface area contributed by atoms with Crippen LogP contribution in [0, 0.1) is 0 Å². The molecule has 0 aliphatic rings. The van der Waals surface area contributed by atoms with Crippen molar-refractivity contribution < 1.29 is 17.4 Å². The number of hydrogen-bond donors (Lipinski definition) is 0. The van der Waals surface area contributed by atoms with E-state index in [-0.39, 0.29) is 4.91 Å². The Labute approximate surface area is 84.2 Å². The van der Waals surface area contributed by atoms with Crippen LogP contribution in [-0.2, 0) is 10.8 Å². The predicted molar refractivity (Wildman–Crippen MR) is 52.3 cm³/mol. The van der Waals surface area contributed by atoms with Gasteiger partial charge in [-0.15, -0.1) is 0 Å². The van der Waals surface area contributed by atoms with Crippen LogP contribution in [0.15, 0.2) is 22.6 Å². The maximum Gasteiger partial charge on any atom is 0.400 e. The molecule has 0 rings (SSSR count). The van der Waals surface area contributed by atoms with Crippen molar-refractivity contribution in [2.45, 2.75) is 26.9 Å². The summed E-state index contributed by atoms with van der Waals surface area (Å²) in [7, 11) is -1.99. The third kappa shape index (κ3) is 4.60. The second kappa shape index (κ2) is 5.34. The van der Waals surface area contributed by atoms with Crippen LogP contribution in [0.25, 0.3) is 0 Å². The lowest BCUT2D eigenvalue weighted by atomic mass is 10.3. The molecule has 1 unspecified atom stereocenters. The Bertz CT molecular complexity index is 276. The molecule has 0 saturated carbocycles. The van der Waals surface area contributed by atoms with Crippen LogP contribution >= 0.6 is 0 Å². The number of hydrogen-bond acceptors (Lipinski definition) is 1. The van der Waals surface area contributed by atoms with Crippen LogP contribution in [0.1, 0.15) is 20.8 Å². The maximum absolute atomic E-state index is 11.9. The molecular weight excluding hydrogens is 213 g/mol. The zero-order valence-electron chi connectivity index (χ0n) is 8.31. The Morgan fingerprint density at radius 1 is 1.29 bits per heavy atom. The summed E-state index contributed by atoms with van der Waals surface area (Å²) in [5.41, 5.74) is 0.620. The van der Waals surface area contributed by atoms with Crippen LogP contribution < -0.4 is 0 Å². The van der Waals surface area contributed by atoms with Gasteiger partial charge in [0.2, 0.25) is 0 Å². The molecule has 0 radical (unpaired) electrons. The molecule has 0 aromatic carbocycles. The van der Waals surface area contributed by atoms with Crippen molar-refractivity contribution in [2.24, 2.45) is 0 Å². The monoisotopic (exact) mass is 226 g/mol. The standard InChI is InChI=1S/C9H13F3OS/c1-4-7(3)8(5-2)14(13)6-9(10,11)12/h4-5H,6H2,1-3H3/b7-4-,8-5+. The highest BCUT2D eigenvalue weighted by atomic mass is 32.2. The van der Waals surface area contributed by atoms with Gasteiger partial charge in [0.05, 0.1) is 10.8 Å². The van der Waals surface area contributed by atoms with Crippen molar-refractivity contribution in [1.82, 2.24) is 0 Å². The molecule has 0 amide bonds. The van der Waals surface area contributed by atoms with E-state index in [1.807, 2.05) is 0 Å². The molecule has 0 aliphatic heterocycles. The molecule has 0 saturated heterocycles. The zero-order valence-corrected chi connectivity index (χ0v) is 9.13. The molecule has 0 aromatic rings. The Morgan fingerprint density at radius 3 is 2.07 bits per heavy atom. The van der Waals surface area contributed by atoms with Gasteiger partial charge in [-0.3, -0.25) is 4.21 Å². The first-order valence-corrected chi connectivity index (χ1v) is 5.38. The molecule has 1 nitrogen and oxygen atoms in total. The second-order valence-electron chi connectivity index (χ2n) is 2.73. The summed E-state index contributed by atoms with van der Waals surface area (Å²) in [5.74, 6) is -1.28. The van der Waals surface area contributed by atoms with Crippen molar-refractivity contribution in [3.63, 3.8) is 0 Å². The van der Waals surface area contributed by atoms with Gasteiger partial charge in [-0.1, -0.05) is 12.2 Å². The molecule has 0 heterocycles. The van der Waals surface area contributed by atoms with Crippen molar-refractivity contribution >= 4 is 10.8 Å². The van der Waals surface area contributed by atoms with E-state index >= 15 is 0 Å². The van der Waals surface area contributed by atoms with Crippen LogP contribution in [-0.4, -0.2) is 16.1 Å². The first kappa shape index (κ1) is 13.4. The summed E-state index contributed by atoms with van der Waals surface area (Å²) in [6.45, 7) is 4.92. The van der Waals surface area contributed by atoms with E-state index in [1.165, 1.54) is 6.08 Å². The molecule has 0 aromatic heterocycles. The van der Waals surface area contributed by atoms with E-state index in [4.69, 9.17) is 0 Å². The predicted octanol–water partition coefficient (Wildman–Crippen LogP) is 3.17. The molecule has 0 spiro atoms. The molecule has 0 fully saturated rings. The quantitative estimate of drug-likeness (QED) is 0.675. The fourth-order valence-corrected chi connectivity index (χ4v) is 2.10. The lowest BCUT2D eigenvalue weighted by molar-refractivity contribution is -0.105. The normalized spacial score (nSPS) is 17.0. The summed E-state index contributed by atoms with van der Waals surface area (Å²) in [6.07, 6.45) is -1.28. The summed E-state index contributed by atoms with van der Waals surface area (Å²) < 4.78 is 47.1. The van der Waals surface area contributed by atoms with Gasteiger partial charge in [-0.05, 0) is 26.3 Å². The second-order valence-corrected chi connectivity index (χ2v) is 4.15. The zero-order chi connectivity index (χ0) is 11.4. The van der Waals surface area contributed by atoms with Gasteiger partial charge < -0.3 is 0 Å². The Kier molecular flexibility index (Phi) is 5.12. The van der Waals surface area contributed by atoms with Gasteiger partial charge in [0, 0.05) is 4.91 Å². The third-order valence-electron chi connectivity index (χ3n) is 1.62. The molecule has 1 atom stereocenters. The van der Waals surface area contributed by atoms with E-state index in [2.05, 4.69) is 0 Å². The van der Waals surface area contributed by atoms with Crippen molar-refractivity contribution in [2.75, 3.05) is 5.75 Å². The first-order valence-electron chi connectivity index (χ1n) is 4.06. The van der Waals surface area contributed by atoms with E-state index in [9.17, 15) is 17.4 Å². The van der Waals surface area contributed by atoms with Crippen LogP contribution in [0.2, 0.25) is 0 Å². The smallest absolute Gasteiger partial charge is 0.254 e. The van der Waals surface area contributed by atoms with Gasteiger partial charge in [-0.2, -0.15) is 13.2 Å². The third-order valence-corrected chi connectivity index (χ3v) is 3.26. The molecule has 14 heavy (non-hydrogen) atoms. The highest BCUT2D eigenvalue weighted by molar-refractivity contribution is 7.89.